The van der Waals surface area contributed by atoms with Crippen LogP contribution in [0.25, 0.3) is 4.96 Å². The number of sulfonamides is 1. The molecule has 1 N–H and O–H groups in total. The van der Waals surface area contributed by atoms with Crippen LogP contribution in [0, 0.1) is 20.8 Å². The highest BCUT2D eigenvalue weighted by atomic mass is 32.2. The van der Waals surface area contributed by atoms with Crippen molar-refractivity contribution in [2.24, 2.45) is 0 Å². The summed E-state index contributed by atoms with van der Waals surface area (Å²) in [6.07, 6.45) is 1.83. The summed E-state index contributed by atoms with van der Waals surface area (Å²) < 4.78 is 30.6. The van der Waals surface area contributed by atoms with Gasteiger partial charge in [-0.3, -0.25) is 9.12 Å². The van der Waals surface area contributed by atoms with Gasteiger partial charge in [-0.05, 0) is 43.9 Å². The average Bonchev–Trinajstić information content (AvgIpc) is 2.98. The molecule has 0 aliphatic heterocycles. The monoisotopic (exact) mass is 363 g/mol. The molecule has 0 bridgehead atoms. The molecule has 3 rings (SSSR count). The lowest BCUT2D eigenvalue weighted by Gasteiger charge is -2.13. The van der Waals surface area contributed by atoms with Crippen LogP contribution in [-0.4, -0.2) is 17.8 Å². The highest BCUT2D eigenvalue weighted by molar-refractivity contribution is 7.92. The third-order valence-corrected chi connectivity index (χ3v) is 6.16. The molecule has 0 aliphatic rings. The third-order valence-electron chi connectivity index (χ3n) is 3.86. The quantitative estimate of drug-likeness (QED) is 0.754. The van der Waals surface area contributed by atoms with Crippen molar-refractivity contribution in [1.29, 1.82) is 0 Å². The molecule has 0 aliphatic carbocycles. The zero-order valence-electron chi connectivity index (χ0n) is 14.4. The van der Waals surface area contributed by atoms with Crippen molar-refractivity contribution in [1.82, 2.24) is 9.38 Å². The summed E-state index contributed by atoms with van der Waals surface area (Å²) in [6.45, 7) is 9.69. The van der Waals surface area contributed by atoms with Gasteiger partial charge in [0.2, 0.25) is 0 Å². The van der Waals surface area contributed by atoms with E-state index < -0.39 is 10.0 Å². The van der Waals surface area contributed by atoms with Gasteiger partial charge in [0.05, 0.1) is 11.4 Å². The van der Waals surface area contributed by atoms with E-state index in [9.17, 15) is 8.42 Å². The number of aromatic nitrogens is 2. The van der Waals surface area contributed by atoms with Crippen LogP contribution in [0.15, 0.2) is 29.4 Å². The number of thiazole rings is 1. The fourth-order valence-electron chi connectivity index (χ4n) is 2.64. The number of benzene rings is 1. The summed E-state index contributed by atoms with van der Waals surface area (Å²) in [5.74, 6) is 0.0163. The lowest BCUT2D eigenvalue weighted by atomic mass is 10.1. The zero-order valence-corrected chi connectivity index (χ0v) is 16.0. The largest absolute Gasteiger partial charge is 0.279 e. The smallest absolute Gasteiger partial charge is 0.279 e. The second-order valence-corrected chi connectivity index (χ2v) is 9.19. The first-order valence-corrected chi connectivity index (χ1v) is 10.1. The molecule has 0 spiro atoms. The van der Waals surface area contributed by atoms with Gasteiger partial charge in [0, 0.05) is 11.1 Å². The third kappa shape index (κ3) is 2.93. The SMILES string of the molecule is Cc1ccc(C)c(NS(=O)(=O)c2c(C(C)C)nc3sc(C)cn23)c1. The Labute approximate surface area is 146 Å². The average molecular weight is 364 g/mol. The molecule has 7 heteroatoms. The van der Waals surface area contributed by atoms with E-state index in [1.807, 2.05) is 59.0 Å². The van der Waals surface area contributed by atoms with Crippen LogP contribution >= 0.6 is 11.3 Å². The fraction of sp³-hybridized carbons (Fsp3) is 0.353. The second-order valence-electron chi connectivity index (χ2n) is 6.38. The van der Waals surface area contributed by atoms with Gasteiger partial charge in [0.25, 0.3) is 10.0 Å². The summed E-state index contributed by atoms with van der Waals surface area (Å²) in [5, 5.41) is 0.234. The van der Waals surface area contributed by atoms with Gasteiger partial charge in [-0.2, -0.15) is 8.42 Å². The number of rotatable bonds is 4. The van der Waals surface area contributed by atoms with Crippen molar-refractivity contribution in [3.63, 3.8) is 0 Å². The Bertz CT molecular complexity index is 1010. The molecule has 0 unspecified atom stereocenters. The number of hydrogen-bond acceptors (Lipinski definition) is 4. The lowest BCUT2D eigenvalue weighted by molar-refractivity contribution is 0.593. The van der Waals surface area contributed by atoms with Crippen LogP contribution in [0.4, 0.5) is 5.69 Å². The van der Waals surface area contributed by atoms with Crippen molar-refractivity contribution in [3.05, 3.63) is 46.1 Å². The van der Waals surface area contributed by atoms with Gasteiger partial charge in [0.15, 0.2) is 9.99 Å². The summed E-state index contributed by atoms with van der Waals surface area (Å²) >= 11 is 1.49. The molecule has 5 nitrogen and oxygen atoms in total. The molecule has 128 valence electrons. The summed E-state index contributed by atoms with van der Waals surface area (Å²) in [7, 11) is -3.74. The van der Waals surface area contributed by atoms with Gasteiger partial charge in [-0.25, -0.2) is 4.98 Å². The molecule has 0 saturated heterocycles. The predicted octanol–water partition coefficient (Wildman–Crippen LogP) is 4.25. The van der Waals surface area contributed by atoms with Gasteiger partial charge in [-0.1, -0.05) is 26.0 Å². The molecule has 2 aromatic heterocycles. The molecule has 1 aromatic carbocycles. The molecule has 24 heavy (non-hydrogen) atoms. The van der Waals surface area contributed by atoms with Crippen molar-refractivity contribution in [2.75, 3.05) is 4.72 Å². The van der Waals surface area contributed by atoms with E-state index in [1.165, 1.54) is 11.3 Å². The summed E-state index contributed by atoms with van der Waals surface area (Å²) in [6, 6.07) is 5.72. The minimum absolute atomic E-state index is 0.0163. The van der Waals surface area contributed by atoms with Crippen LogP contribution in [-0.2, 0) is 10.0 Å². The molecular formula is C17H21N3O2S2. The Morgan fingerprint density at radius 3 is 2.58 bits per heavy atom. The Balaban J connectivity index is 2.17. The van der Waals surface area contributed by atoms with Crippen molar-refractivity contribution in [2.45, 2.75) is 45.6 Å². The Hall–Kier alpha value is -1.86. The van der Waals surface area contributed by atoms with E-state index in [0.29, 0.717) is 16.3 Å². The van der Waals surface area contributed by atoms with Crippen molar-refractivity contribution < 1.29 is 8.42 Å². The lowest BCUT2D eigenvalue weighted by Crippen LogP contribution is -2.18. The normalized spacial score (nSPS) is 12.2. The van der Waals surface area contributed by atoms with Crippen LogP contribution in [0.5, 0.6) is 0 Å². The maximum Gasteiger partial charge on any atom is 0.279 e. The number of nitrogens with zero attached hydrogens (tertiary/aromatic N) is 2. The molecule has 0 amide bonds. The maximum absolute atomic E-state index is 13.1. The summed E-state index contributed by atoms with van der Waals surface area (Å²) in [5.41, 5.74) is 3.09. The van der Waals surface area contributed by atoms with Gasteiger partial charge in [0.1, 0.15) is 0 Å². The first-order chi connectivity index (χ1) is 11.2. The molecule has 0 radical (unpaired) electrons. The van der Waals surface area contributed by atoms with E-state index in [1.54, 1.807) is 4.40 Å². The van der Waals surface area contributed by atoms with E-state index >= 15 is 0 Å². The minimum Gasteiger partial charge on any atom is -0.279 e. The van der Waals surface area contributed by atoms with Gasteiger partial charge in [-0.15, -0.1) is 11.3 Å². The first kappa shape index (κ1) is 17.0. The number of aryl methyl sites for hydroxylation is 3. The number of anilines is 1. The van der Waals surface area contributed by atoms with Crippen molar-refractivity contribution >= 4 is 32.0 Å². The van der Waals surface area contributed by atoms with Crippen LogP contribution in [0.2, 0.25) is 0 Å². The van der Waals surface area contributed by atoms with E-state index in [2.05, 4.69) is 9.71 Å². The highest BCUT2D eigenvalue weighted by Gasteiger charge is 2.28. The zero-order chi connectivity index (χ0) is 17.6. The van der Waals surface area contributed by atoms with Gasteiger partial charge < -0.3 is 0 Å². The summed E-state index contributed by atoms with van der Waals surface area (Å²) in [4.78, 5) is 6.27. The molecule has 0 atom stereocenters. The van der Waals surface area contributed by atoms with Gasteiger partial charge >= 0.3 is 0 Å². The number of fused-ring (bicyclic) bond motifs is 1. The van der Waals surface area contributed by atoms with Crippen molar-refractivity contribution in [3.8, 4) is 0 Å². The Kier molecular flexibility index (Phi) is 4.17. The number of hydrogen-bond donors (Lipinski definition) is 1. The van der Waals surface area contributed by atoms with Crippen LogP contribution in [0.3, 0.4) is 0 Å². The highest BCUT2D eigenvalue weighted by Crippen LogP contribution is 2.30. The predicted molar refractivity (Wildman–Crippen MR) is 98.6 cm³/mol. The molecule has 3 aromatic rings. The molecule has 2 heterocycles. The van der Waals surface area contributed by atoms with E-state index in [-0.39, 0.29) is 10.9 Å². The molecule has 0 saturated carbocycles. The first-order valence-electron chi connectivity index (χ1n) is 7.77. The molecular weight excluding hydrogens is 342 g/mol. The second kappa shape index (κ2) is 5.89. The van der Waals surface area contributed by atoms with Crippen LogP contribution in [0.1, 0.15) is 41.5 Å². The van der Waals surface area contributed by atoms with E-state index in [4.69, 9.17) is 0 Å². The minimum atomic E-state index is -3.74. The molecule has 0 fully saturated rings. The fourth-order valence-corrected chi connectivity index (χ4v) is 5.09. The number of imidazole rings is 1. The maximum atomic E-state index is 13.1. The standard InChI is InChI=1S/C17H21N3O2S2/c1-10(2)15-16(20-9-13(5)23-17(20)18-15)24(21,22)19-14-8-11(3)6-7-12(14)4/h6-10,19H,1-5H3. The van der Waals surface area contributed by atoms with Crippen LogP contribution < -0.4 is 4.72 Å². The van der Waals surface area contributed by atoms with E-state index in [0.717, 1.165) is 16.0 Å². The Morgan fingerprint density at radius 2 is 1.92 bits per heavy atom. The topological polar surface area (TPSA) is 63.5 Å². The number of nitrogens with one attached hydrogen (secondary N) is 1. The Morgan fingerprint density at radius 1 is 1.21 bits per heavy atom.